The topological polar surface area (TPSA) is 128 Å². The molecular weight excluding hydrogens is 478 g/mol. The third-order valence-corrected chi connectivity index (χ3v) is 9.59. The Kier molecular flexibility index (Phi) is 5.79. The lowest BCUT2D eigenvalue weighted by molar-refractivity contribution is 0.180. The molecule has 0 radical (unpaired) electrons. The van der Waals surface area contributed by atoms with E-state index in [2.05, 4.69) is 37.4 Å². The van der Waals surface area contributed by atoms with E-state index in [1.165, 1.54) is 25.7 Å². The van der Waals surface area contributed by atoms with Gasteiger partial charge >= 0.3 is 0 Å². The van der Waals surface area contributed by atoms with E-state index >= 15 is 0 Å². The number of fused-ring (bicyclic) bond motifs is 1. The maximum absolute atomic E-state index is 11.7. The molecule has 10 nitrogen and oxygen atoms in total. The quantitative estimate of drug-likeness (QED) is 0.468. The fourth-order valence-corrected chi connectivity index (χ4v) is 7.02. The Morgan fingerprint density at radius 3 is 2.67 bits per heavy atom. The number of methoxy groups -OCH3 is 1. The van der Waals surface area contributed by atoms with Crippen LogP contribution in [0.15, 0.2) is 24.4 Å². The number of nitrogens with one attached hydrogen (secondary N) is 1. The van der Waals surface area contributed by atoms with E-state index in [4.69, 9.17) is 10.5 Å². The summed E-state index contributed by atoms with van der Waals surface area (Å²) in [5.41, 5.74) is 10.3. The van der Waals surface area contributed by atoms with Crippen LogP contribution in [-0.2, 0) is 22.9 Å². The molecule has 0 bridgehead atoms. The van der Waals surface area contributed by atoms with Crippen LogP contribution in [0.3, 0.4) is 0 Å². The first-order chi connectivity index (χ1) is 17.3. The van der Waals surface area contributed by atoms with Crippen LogP contribution in [0.4, 0.5) is 11.8 Å². The Morgan fingerprint density at radius 1 is 1.17 bits per heavy atom. The molecule has 2 aliphatic carbocycles. The lowest BCUT2D eigenvalue weighted by Crippen LogP contribution is -2.39. The lowest BCUT2D eigenvalue weighted by Gasteiger charge is -2.36. The molecule has 1 saturated heterocycles. The monoisotopic (exact) mass is 511 g/mol. The van der Waals surface area contributed by atoms with E-state index in [-0.39, 0.29) is 17.5 Å². The van der Waals surface area contributed by atoms with E-state index in [0.29, 0.717) is 43.0 Å². The van der Waals surface area contributed by atoms with Crippen molar-refractivity contribution in [3.63, 3.8) is 0 Å². The first-order valence-electron chi connectivity index (χ1n) is 12.6. The molecule has 1 aromatic carbocycles. The van der Waals surface area contributed by atoms with E-state index < -0.39 is 9.84 Å². The first kappa shape index (κ1) is 23.5. The van der Waals surface area contributed by atoms with Crippen molar-refractivity contribution in [2.45, 2.75) is 38.8 Å². The van der Waals surface area contributed by atoms with Crippen molar-refractivity contribution in [1.29, 1.82) is 0 Å². The van der Waals surface area contributed by atoms with Crippen molar-refractivity contribution in [3.05, 3.63) is 35.5 Å². The lowest BCUT2D eigenvalue weighted by atomic mass is 9.72. The second-order valence-electron chi connectivity index (χ2n) is 10.7. The maximum atomic E-state index is 11.7. The molecule has 2 saturated carbocycles. The number of sulfone groups is 1. The minimum atomic E-state index is -2.89. The number of nitrogens with zero attached hydrogens (tertiary/aromatic N) is 5. The predicted octanol–water partition coefficient (Wildman–Crippen LogP) is 2.30. The third kappa shape index (κ3) is 4.73. The largest absolute Gasteiger partial charge is 0.496 e. The fourth-order valence-electron chi connectivity index (χ4n) is 5.74. The van der Waals surface area contributed by atoms with E-state index in [1.54, 1.807) is 13.3 Å². The first-order valence-corrected chi connectivity index (χ1v) is 14.5. The van der Waals surface area contributed by atoms with Gasteiger partial charge in [0, 0.05) is 31.7 Å². The van der Waals surface area contributed by atoms with Gasteiger partial charge in [-0.05, 0) is 48.6 Å². The maximum Gasteiger partial charge on any atom is 0.222 e. The second-order valence-corrected chi connectivity index (χ2v) is 13.0. The minimum absolute atomic E-state index is 0.221. The van der Waals surface area contributed by atoms with Crippen LogP contribution in [-0.4, -0.2) is 71.3 Å². The normalized spacial score (nSPS) is 20.9. The molecule has 192 valence electrons. The highest BCUT2D eigenvalue weighted by Gasteiger charge is 2.52. The summed E-state index contributed by atoms with van der Waals surface area (Å²) in [6.45, 7) is 3.21. The summed E-state index contributed by atoms with van der Waals surface area (Å²) in [6, 6.07) is 6.16. The highest BCUT2D eigenvalue weighted by atomic mass is 32.2. The Hall–Kier alpha value is -2.92. The molecule has 0 atom stereocenters. The zero-order chi connectivity index (χ0) is 24.9. The number of hydrogen-bond donors (Lipinski definition) is 2. The molecule has 6 rings (SSSR count). The van der Waals surface area contributed by atoms with Crippen LogP contribution in [0.1, 0.15) is 36.8 Å². The number of ether oxygens (including phenoxy) is 1. The molecule has 3 fully saturated rings. The Morgan fingerprint density at radius 2 is 1.94 bits per heavy atom. The number of benzene rings is 1. The van der Waals surface area contributed by atoms with Gasteiger partial charge in [0.25, 0.3) is 0 Å². The zero-order valence-electron chi connectivity index (χ0n) is 20.6. The SMILES string of the molecule is COc1cc(CN2CCS(=O)(=O)CC2)ccc1Cn1ncc2nc(N)nc(NCC3CC4(CC4)C3)c21. The second kappa shape index (κ2) is 8.88. The molecule has 2 aromatic heterocycles. The van der Waals surface area contributed by atoms with Crippen molar-refractivity contribution >= 4 is 32.6 Å². The average molecular weight is 512 g/mol. The Labute approximate surface area is 211 Å². The Balaban J connectivity index is 1.19. The third-order valence-electron chi connectivity index (χ3n) is 7.98. The molecule has 0 unspecified atom stereocenters. The van der Waals surface area contributed by atoms with Crippen molar-refractivity contribution < 1.29 is 13.2 Å². The number of anilines is 2. The van der Waals surface area contributed by atoms with Gasteiger partial charge in [-0.1, -0.05) is 12.1 Å². The van der Waals surface area contributed by atoms with Gasteiger partial charge < -0.3 is 15.8 Å². The molecule has 1 aliphatic heterocycles. The number of nitrogen functional groups attached to an aromatic ring is 1. The number of aromatic nitrogens is 4. The number of nitrogens with two attached hydrogens (primary N) is 1. The summed E-state index contributed by atoms with van der Waals surface area (Å²) < 4.78 is 31.1. The Bertz CT molecular complexity index is 1380. The average Bonchev–Trinajstić information content (AvgIpc) is 3.54. The molecule has 3 heterocycles. The molecule has 1 spiro atoms. The van der Waals surface area contributed by atoms with Gasteiger partial charge in [-0.25, -0.2) is 13.4 Å². The van der Waals surface area contributed by atoms with Crippen molar-refractivity contribution in [2.24, 2.45) is 11.3 Å². The highest BCUT2D eigenvalue weighted by molar-refractivity contribution is 7.91. The van der Waals surface area contributed by atoms with Crippen LogP contribution in [0.2, 0.25) is 0 Å². The summed E-state index contributed by atoms with van der Waals surface area (Å²) in [5.74, 6) is 2.86. The van der Waals surface area contributed by atoms with Gasteiger partial charge in [-0.3, -0.25) is 9.58 Å². The van der Waals surface area contributed by atoms with Crippen molar-refractivity contribution in [2.75, 3.05) is 49.3 Å². The molecular formula is C25H33N7O3S. The molecule has 0 amide bonds. The molecule has 3 N–H and O–H groups in total. The summed E-state index contributed by atoms with van der Waals surface area (Å²) >= 11 is 0. The predicted molar refractivity (Wildman–Crippen MR) is 139 cm³/mol. The number of rotatable bonds is 8. The van der Waals surface area contributed by atoms with Crippen molar-refractivity contribution in [3.8, 4) is 5.75 Å². The van der Waals surface area contributed by atoms with Gasteiger partial charge in [0.2, 0.25) is 5.95 Å². The minimum Gasteiger partial charge on any atom is -0.496 e. The summed E-state index contributed by atoms with van der Waals surface area (Å²) in [6.07, 6.45) is 7.12. The van der Waals surface area contributed by atoms with Crippen LogP contribution in [0, 0.1) is 11.3 Å². The summed E-state index contributed by atoms with van der Waals surface area (Å²) in [5, 5.41) is 8.12. The van der Waals surface area contributed by atoms with Gasteiger partial charge in [0.15, 0.2) is 15.7 Å². The summed E-state index contributed by atoms with van der Waals surface area (Å²) in [4.78, 5) is 11.1. The standard InChI is InChI=1S/C25H33N7O3S/c1-35-21-10-17(15-31-6-8-36(33,34)9-7-31)2-3-19(21)16-32-22-20(14-28-32)29-24(26)30-23(22)27-13-18-11-25(12-18)4-5-25/h2-3,10,14,18H,4-9,11-13,15-16H2,1H3,(H3,26,27,29,30). The molecule has 36 heavy (non-hydrogen) atoms. The van der Waals surface area contributed by atoms with E-state index in [9.17, 15) is 8.42 Å². The van der Waals surface area contributed by atoms with Crippen molar-refractivity contribution in [1.82, 2.24) is 24.6 Å². The zero-order valence-corrected chi connectivity index (χ0v) is 21.4. The van der Waals surface area contributed by atoms with Gasteiger partial charge in [-0.2, -0.15) is 10.1 Å². The van der Waals surface area contributed by atoms with Gasteiger partial charge in [-0.15, -0.1) is 0 Å². The fraction of sp³-hybridized carbons (Fsp3) is 0.560. The summed E-state index contributed by atoms with van der Waals surface area (Å²) in [7, 11) is -1.22. The number of hydrogen-bond acceptors (Lipinski definition) is 9. The molecule has 3 aromatic rings. The van der Waals surface area contributed by atoms with Gasteiger partial charge in [0.05, 0.1) is 31.4 Å². The highest BCUT2D eigenvalue weighted by Crippen LogP contribution is 2.63. The molecule has 11 heteroatoms. The van der Waals surface area contributed by atoms with Crippen LogP contribution in [0.5, 0.6) is 5.75 Å². The smallest absolute Gasteiger partial charge is 0.222 e. The van der Waals surface area contributed by atoms with Crippen LogP contribution in [0.25, 0.3) is 11.0 Å². The van der Waals surface area contributed by atoms with Crippen LogP contribution < -0.4 is 15.8 Å². The molecule has 3 aliphatic rings. The van der Waals surface area contributed by atoms with Crippen LogP contribution >= 0.6 is 0 Å². The van der Waals surface area contributed by atoms with E-state index in [1.807, 2.05) is 10.7 Å². The van der Waals surface area contributed by atoms with E-state index in [0.717, 1.165) is 34.8 Å². The van der Waals surface area contributed by atoms with Gasteiger partial charge in [0.1, 0.15) is 16.8 Å².